The van der Waals surface area contributed by atoms with E-state index in [0.29, 0.717) is 26.4 Å². The molecule has 0 amide bonds. The average Bonchev–Trinajstić information content (AvgIpc) is 3.33. The molecule has 0 saturated carbocycles. The lowest BCUT2D eigenvalue weighted by Gasteiger charge is -2.26. The monoisotopic (exact) mass is 867 g/mol. The van der Waals surface area contributed by atoms with E-state index >= 15 is 0 Å². The van der Waals surface area contributed by atoms with E-state index in [0.717, 1.165) is 136 Å². The maximum Gasteiger partial charge on any atom is 0.132 e. The molecule has 0 radical (unpaired) electrons. The first-order chi connectivity index (χ1) is 31.9. The van der Waals surface area contributed by atoms with Gasteiger partial charge in [-0.25, -0.2) is 4.98 Å². The van der Waals surface area contributed by atoms with Gasteiger partial charge in [0.2, 0.25) is 0 Å². The van der Waals surface area contributed by atoms with Crippen LogP contribution >= 0.6 is 0 Å². The molecule has 7 rings (SSSR count). The Balaban J connectivity index is 1.27. The molecule has 6 nitrogen and oxygen atoms in total. The van der Waals surface area contributed by atoms with Crippen molar-refractivity contribution < 1.29 is 18.9 Å². The van der Waals surface area contributed by atoms with Crippen molar-refractivity contribution in [3.63, 3.8) is 0 Å². The van der Waals surface area contributed by atoms with Crippen LogP contribution in [0.15, 0.2) is 146 Å². The van der Waals surface area contributed by atoms with Gasteiger partial charge in [-0.1, -0.05) is 125 Å². The first kappa shape index (κ1) is 46.5. The quantitative estimate of drug-likeness (QED) is 0.0597. The predicted octanol–water partition coefficient (Wildman–Crippen LogP) is 16.6. The summed E-state index contributed by atoms with van der Waals surface area (Å²) in [5.74, 6) is 3.14. The number of benzene rings is 6. The Kier molecular flexibility index (Phi) is 16.7. The van der Waals surface area contributed by atoms with Crippen LogP contribution in [0.1, 0.15) is 90.2 Å². The largest absolute Gasteiger partial charge is 0.493 e. The Morgan fingerprint density at radius 3 is 1.09 bits per heavy atom. The van der Waals surface area contributed by atoms with Crippen molar-refractivity contribution in [2.75, 3.05) is 31.3 Å². The molecule has 0 N–H and O–H groups in total. The summed E-state index contributed by atoms with van der Waals surface area (Å²) in [6, 6.07) is 51.8. The number of anilines is 3. The average molecular weight is 867 g/mol. The van der Waals surface area contributed by atoms with Gasteiger partial charge in [0.25, 0.3) is 0 Å². The summed E-state index contributed by atoms with van der Waals surface area (Å²) in [4.78, 5) is 7.69. The number of unbranched alkanes of at least 4 members (excludes halogenated alkanes) is 4. The number of pyridine rings is 1. The van der Waals surface area contributed by atoms with Crippen molar-refractivity contribution in [2.24, 2.45) is 0 Å². The third-order valence-electron chi connectivity index (χ3n) is 11.6. The summed E-state index contributed by atoms with van der Waals surface area (Å²) in [6.07, 6.45) is 8.13. The van der Waals surface area contributed by atoms with Crippen molar-refractivity contribution in [3.8, 4) is 67.8 Å². The van der Waals surface area contributed by atoms with Crippen molar-refractivity contribution >= 4 is 17.1 Å². The van der Waals surface area contributed by atoms with Gasteiger partial charge in [-0.3, -0.25) is 0 Å². The first-order valence-electron chi connectivity index (χ1n) is 23.8. The normalized spacial score (nSPS) is 11.0. The Bertz CT molecular complexity index is 2420. The second-order valence-corrected chi connectivity index (χ2v) is 16.9. The molecule has 7 aromatic rings. The molecular weight excluding hydrogens is 801 g/mol. The van der Waals surface area contributed by atoms with E-state index < -0.39 is 0 Å². The minimum Gasteiger partial charge on any atom is -0.493 e. The Labute approximate surface area is 388 Å². The van der Waals surface area contributed by atoms with Crippen LogP contribution in [-0.2, 0) is 0 Å². The standard InChI is InChI=1S/C59H66N2O4/c1-7-11-35-62-52-31-33-54(58(41-52)64-37-13-9-3)56-39-48(40-57(60-56)55-34-32-53(63-36-12-8-2)42-59(55)65-38-14-10-4)47-21-19-45(20-22-47)46-23-29-51(30-24-46)61(49-25-15-43(5)16-26-49)50-27-17-44(6)18-28-50/h15-34,39-42H,7-14,35-38H2,1-6H3. The summed E-state index contributed by atoms with van der Waals surface area (Å²) >= 11 is 0. The molecule has 1 aromatic heterocycles. The summed E-state index contributed by atoms with van der Waals surface area (Å²) in [7, 11) is 0. The fourth-order valence-electron chi connectivity index (χ4n) is 7.63. The van der Waals surface area contributed by atoms with Crippen LogP contribution in [0.25, 0.3) is 44.8 Å². The van der Waals surface area contributed by atoms with Crippen molar-refractivity contribution in [3.05, 3.63) is 157 Å². The number of nitrogens with zero attached hydrogens (tertiary/aromatic N) is 2. The SMILES string of the molecule is CCCCOc1ccc(-c2cc(-c3ccc(-c4ccc(N(c5ccc(C)cc5)c5ccc(C)cc5)cc4)cc3)cc(-c3ccc(OCCCC)cc3OCCCC)n2)c(OCCCC)c1. The lowest BCUT2D eigenvalue weighted by atomic mass is 9.97. The van der Waals surface area contributed by atoms with E-state index in [-0.39, 0.29) is 0 Å². The fourth-order valence-corrected chi connectivity index (χ4v) is 7.63. The van der Waals surface area contributed by atoms with E-state index in [1.165, 1.54) is 11.1 Å². The smallest absolute Gasteiger partial charge is 0.132 e. The second-order valence-electron chi connectivity index (χ2n) is 16.9. The molecule has 0 aliphatic carbocycles. The highest BCUT2D eigenvalue weighted by Gasteiger charge is 2.18. The summed E-state index contributed by atoms with van der Waals surface area (Å²) < 4.78 is 25.3. The van der Waals surface area contributed by atoms with Crippen LogP contribution in [0.4, 0.5) is 17.1 Å². The predicted molar refractivity (Wildman–Crippen MR) is 272 cm³/mol. The zero-order valence-corrected chi connectivity index (χ0v) is 39.4. The molecule has 65 heavy (non-hydrogen) atoms. The molecule has 0 unspecified atom stereocenters. The number of aryl methyl sites for hydroxylation is 2. The summed E-state index contributed by atoms with van der Waals surface area (Å²) in [5, 5.41) is 0. The zero-order valence-electron chi connectivity index (χ0n) is 39.4. The lowest BCUT2D eigenvalue weighted by molar-refractivity contribution is 0.295. The van der Waals surface area contributed by atoms with Crippen molar-refractivity contribution in [1.29, 1.82) is 0 Å². The van der Waals surface area contributed by atoms with Gasteiger partial charge in [0.05, 0.1) is 37.8 Å². The van der Waals surface area contributed by atoms with Crippen molar-refractivity contribution in [1.82, 2.24) is 4.98 Å². The van der Waals surface area contributed by atoms with Crippen molar-refractivity contribution in [2.45, 2.75) is 92.9 Å². The van der Waals surface area contributed by atoms with Gasteiger partial charge in [0.1, 0.15) is 23.0 Å². The van der Waals surface area contributed by atoms with Crippen LogP contribution in [-0.4, -0.2) is 31.4 Å². The van der Waals surface area contributed by atoms with Gasteiger partial charge in [-0.05, 0) is 135 Å². The minimum absolute atomic E-state index is 0.613. The summed E-state index contributed by atoms with van der Waals surface area (Å²) in [5.41, 5.74) is 13.7. The van der Waals surface area contributed by atoms with Gasteiger partial charge in [-0.2, -0.15) is 0 Å². The van der Waals surface area contributed by atoms with E-state index in [4.69, 9.17) is 23.9 Å². The molecule has 6 aromatic carbocycles. The second kappa shape index (κ2) is 23.4. The van der Waals surface area contributed by atoms with E-state index in [1.54, 1.807) is 0 Å². The maximum absolute atomic E-state index is 6.50. The number of aromatic nitrogens is 1. The molecule has 336 valence electrons. The number of ether oxygens (including phenoxy) is 4. The first-order valence-corrected chi connectivity index (χ1v) is 23.8. The Hall–Kier alpha value is -6.53. The molecule has 0 aliphatic rings. The molecule has 6 heteroatoms. The highest BCUT2D eigenvalue weighted by molar-refractivity contribution is 5.83. The molecule has 0 bridgehead atoms. The van der Waals surface area contributed by atoms with Gasteiger partial charge in [-0.15, -0.1) is 0 Å². The van der Waals surface area contributed by atoms with Gasteiger partial charge < -0.3 is 23.8 Å². The molecule has 1 heterocycles. The Morgan fingerprint density at radius 1 is 0.369 bits per heavy atom. The number of hydrogen-bond donors (Lipinski definition) is 0. The van der Waals surface area contributed by atoms with Gasteiger partial charge >= 0.3 is 0 Å². The molecule has 0 fully saturated rings. The third kappa shape index (κ3) is 12.4. The highest BCUT2D eigenvalue weighted by Crippen LogP contribution is 2.41. The van der Waals surface area contributed by atoms with Crippen LogP contribution in [0.2, 0.25) is 0 Å². The molecule has 0 aliphatic heterocycles. The topological polar surface area (TPSA) is 53.1 Å². The van der Waals surface area contributed by atoms with E-state index in [1.807, 2.05) is 24.3 Å². The molecule has 0 spiro atoms. The number of rotatable bonds is 23. The fraction of sp³-hybridized carbons (Fsp3) is 0.305. The zero-order chi connectivity index (χ0) is 45.4. The van der Waals surface area contributed by atoms with Crippen LogP contribution < -0.4 is 23.8 Å². The van der Waals surface area contributed by atoms with E-state index in [9.17, 15) is 0 Å². The highest BCUT2D eigenvalue weighted by atomic mass is 16.5. The third-order valence-corrected chi connectivity index (χ3v) is 11.6. The van der Waals surface area contributed by atoms with Gasteiger partial charge in [0, 0.05) is 40.3 Å². The van der Waals surface area contributed by atoms with Crippen LogP contribution in [0.5, 0.6) is 23.0 Å². The maximum atomic E-state index is 6.50. The van der Waals surface area contributed by atoms with Crippen LogP contribution in [0, 0.1) is 13.8 Å². The minimum atomic E-state index is 0.613. The molecule has 0 saturated heterocycles. The van der Waals surface area contributed by atoms with Crippen LogP contribution in [0.3, 0.4) is 0 Å². The Morgan fingerprint density at radius 2 is 0.708 bits per heavy atom. The lowest BCUT2D eigenvalue weighted by Crippen LogP contribution is -2.09. The summed E-state index contributed by atoms with van der Waals surface area (Å²) in [6.45, 7) is 15.5. The number of hydrogen-bond acceptors (Lipinski definition) is 6. The molecule has 0 atom stereocenters. The van der Waals surface area contributed by atoms with E-state index in [2.05, 4.69) is 168 Å². The molecular formula is C59H66N2O4. The van der Waals surface area contributed by atoms with Gasteiger partial charge in [0.15, 0.2) is 0 Å².